The standard InChI is InChI=1S/C12H10Cl2N2O4/c13-6-1-2-7(14)9(5-6)16-11(19)8(15-12(16)20)3-4-10(17)18/h1-2,5,8H,3-4H2,(H,15,20)(H,17,18). The van der Waals surface area contributed by atoms with Crippen molar-refractivity contribution in [2.75, 3.05) is 4.90 Å². The van der Waals surface area contributed by atoms with E-state index < -0.39 is 23.9 Å². The smallest absolute Gasteiger partial charge is 0.329 e. The van der Waals surface area contributed by atoms with Gasteiger partial charge >= 0.3 is 12.0 Å². The van der Waals surface area contributed by atoms with E-state index in [0.29, 0.717) is 5.02 Å². The topological polar surface area (TPSA) is 86.7 Å². The number of carboxylic acid groups (broad SMARTS) is 1. The van der Waals surface area contributed by atoms with Crippen molar-refractivity contribution in [3.05, 3.63) is 28.2 Å². The molecule has 6 nitrogen and oxygen atoms in total. The van der Waals surface area contributed by atoms with Crippen LogP contribution in [0.2, 0.25) is 10.0 Å². The molecule has 1 heterocycles. The van der Waals surface area contributed by atoms with E-state index >= 15 is 0 Å². The lowest BCUT2D eigenvalue weighted by atomic mass is 10.1. The second-order valence-corrected chi connectivity index (χ2v) is 5.05. The number of anilines is 1. The number of halogens is 2. The number of carbonyl (C=O) groups is 3. The summed E-state index contributed by atoms with van der Waals surface area (Å²) in [7, 11) is 0. The number of imide groups is 1. The van der Waals surface area contributed by atoms with Gasteiger partial charge in [0.25, 0.3) is 5.91 Å². The molecule has 0 aliphatic carbocycles. The molecule has 0 radical (unpaired) electrons. The third kappa shape index (κ3) is 2.86. The van der Waals surface area contributed by atoms with Gasteiger partial charge in [-0.05, 0) is 24.6 Å². The molecule has 1 unspecified atom stereocenters. The van der Waals surface area contributed by atoms with Gasteiger partial charge in [0.15, 0.2) is 0 Å². The molecule has 0 saturated carbocycles. The fourth-order valence-electron chi connectivity index (χ4n) is 1.88. The van der Waals surface area contributed by atoms with Gasteiger partial charge in [0, 0.05) is 11.4 Å². The summed E-state index contributed by atoms with van der Waals surface area (Å²) >= 11 is 11.8. The Balaban J connectivity index is 2.24. The van der Waals surface area contributed by atoms with E-state index in [1.165, 1.54) is 18.2 Å². The van der Waals surface area contributed by atoms with Crippen molar-refractivity contribution in [3.63, 3.8) is 0 Å². The molecule has 1 atom stereocenters. The molecule has 3 amide bonds. The zero-order valence-corrected chi connectivity index (χ0v) is 11.6. The molecule has 0 aromatic heterocycles. The van der Waals surface area contributed by atoms with E-state index in [0.717, 1.165) is 4.90 Å². The number of hydrogen-bond donors (Lipinski definition) is 2. The SMILES string of the molecule is O=C(O)CCC1NC(=O)N(c2cc(Cl)ccc2Cl)C1=O. The Morgan fingerprint density at radius 1 is 1.35 bits per heavy atom. The van der Waals surface area contributed by atoms with Crippen LogP contribution in [-0.2, 0) is 9.59 Å². The number of aliphatic carboxylic acids is 1. The van der Waals surface area contributed by atoms with Gasteiger partial charge in [0.2, 0.25) is 0 Å². The summed E-state index contributed by atoms with van der Waals surface area (Å²) in [4.78, 5) is 35.4. The number of rotatable bonds is 4. The van der Waals surface area contributed by atoms with E-state index in [9.17, 15) is 14.4 Å². The first-order valence-corrected chi connectivity index (χ1v) is 6.47. The van der Waals surface area contributed by atoms with Crippen molar-refractivity contribution in [2.24, 2.45) is 0 Å². The monoisotopic (exact) mass is 316 g/mol. The lowest BCUT2D eigenvalue weighted by molar-refractivity contribution is -0.137. The number of hydrogen-bond acceptors (Lipinski definition) is 3. The summed E-state index contributed by atoms with van der Waals surface area (Å²) in [6.07, 6.45) is -0.192. The van der Waals surface area contributed by atoms with Crippen LogP contribution in [-0.4, -0.2) is 29.1 Å². The van der Waals surface area contributed by atoms with Crippen LogP contribution in [0.4, 0.5) is 10.5 Å². The molecular weight excluding hydrogens is 307 g/mol. The van der Waals surface area contributed by atoms with Crippen LogP contribution in [0.5, 0.6) is 0 Å². The van der Waals surface area contributed by atoms with Crippen molar-refractivity contribution >= 4 is 46.8 Å². The van der Waals surface area contributed by atoms with Gasteiger partial charge < -0.3 is 10.4 Å². The highest BCUT2D eigenvalue weighted by Gasteiger charge is 2.39. The lowest BCUT2D eigenvalue weighted by Crippen LogP contribution is -2.31. The van der Waals surface area contributed by atoms with Crippen LogP contribution >= 0.6 is 23.2 Å². The highest BCUT2D eigenvalue weighted by Crippen LogP contribution is 2.31. The Labute approximate surface area is 124 Å². The molecule has 2 rings (SSSR count). The summed E-state index contributed by atoms with van der Waals surface area (Å²) < 4.78 is 0. The number of nitrogens with one attached hydrogen (secondary N) is 1. The van der Waals surface area contributed by atoms with Gasteiger partial charge in [0.1, 0.15) is 6.04 Å². The zero-order chi connectivity index (χ0) is 14.9. The molecule has 1 saturated heterocycles. The largest absolute Gasteiger partial charge is 0.481 e. The first-order valence-electron chi connectivity index (χ1n) is 5.71. The number of benzene rings is 1. The Bertz CT molecular complexity index is 591. The predicted octanol–water partition coefficient (Wildman–Crippen LogP) is 2.28. The minimum Gasteiger partial charge on any atom is -0.481 e. The van der Waals surface area contributed by atoms with Crippen LogP contribution in [0.1, 0.15) is 12.8 Å². The molecule has 8 heteroatoms. The van der Waals surface area contributed by atoms with E-state index in [-0.39, 0.29) is 23.6 Å². The summed E-state index contributed by atoms with van der Waals surface area (Å²) in [5, 5.41) is 11.6. The summed E-state index contributed by atoms with van der Waals surface area (Å²) in [6.45, 7) is 0. The predicted molar refractivity (Wildman–Crippen MR) is 73.1 cm³/mol. The van der Waals surface area contributed by atoms with Crippen LogP contribution < -0.4 is 10.2 Å². The number of urea groups is 1. The number of nitrogens with zero attached hydrogens (tertiary/aromatic N) is 1. The van der Waals surface area contributed by atoms with Gasteiger partial charge in [-0.25, -0.2) is 9.69 Å². The van der Waals surface area contributed by atoms with Crippen molar-refractivity contribution in [3.8, 4) is 0 Å². The Morgan fingerprint density at radius 2 is 2.05 bits per heavy atom. The molecule has 0 spiro atoms. The molecule has 1 aliphatic heterocycles. The second kappa shape index (κ2) is 5.68. The highest BCUT2D eigenvalue weighted by atomic mass is 35.5. The lowest BCUT2D eigenvalue weighted by Gasteiger charge is -2.14. The maximum Gasteiger partial charge on any atom is 0.329 e. The molecule has 2 N–H and O–H groups in total. The van der Waals surface area contributed by atoms with Crippen molar-refractivity contribution in [1.29, 1.82) is 0 Å². The molecule has 20 heavy (non-hydrogen) atoms. The summed E-state index contributed by atoms with van der Waals surface area (Å²) in [5.74, 6) is -1.58. The Morgan fingerprint density at radius 3 is 2.70 bits per heavy atom. The first kappa shape index (κ1) is 14.6. The van der Waals surface area contributed by atoms with Gasteiger partial charge in [-0.1, -0.05) is 23.2 Å². The minimum atomic E-state index is -1.04. The Hall–Kier alpha value is -1.79. The first-order chi connectivity index (χ1) is 9.40. The van der Waals surface area contributed by atoms with Crippen LogP contribution in [0.3, 0.4) is 0 Å². The van der Waals surface area contributed by atoms with Gasteiger partial charge in [-0.3, -0.25) is 9.59 Å². The maximum absolute atomic E-state index is 12.1. The summed E-state index contributed by atoms with van der Waals surface area (Å²) in [5.41, 5.74) is 0.180. The average molecular weight is 317 g/mol. The van der Waals surface area contributed by atoms with Crippen molar-refractivity contribution in [1.82, 2.24) is 5.32 Å². The van der Waals surface area contributed by atoms with Gasteiger partial charge in [-0.15, -0.1) is 0 Å². The average Bonchev–Trinajstić information content (AvgIpc) is 2.65. The van der Waals surface area contributed by atoms with E-state index in [1.807, 2.05) is 0 Å². The van der Waals surface area contributed by atoms with E-state index in [4.69, 9.17) is 28.3 Å². The fraction of sp³-hybridized carbons (Fsp3) is 0.250. The van der Waals surface area contributed by atoms with Crippen molar-refractivity contribution in [2.45, 2.75) is 18.9 Å². The van der Waals surface area contributed by atoms with Crippen LogP contribution in [0.25, 0.3) is 0 Å². The molecular formula is C12H10Cl2N2O4. The Kier molecular flexibility index (Phi) is 4.15. The molecule has 1 aromatic rings. The summed E-state index contributed by atoms with van der Waals surface area (Å²) in [6, 6.07) is 2.90. The minimum absolute atomic E-state index is 0.0224. The molecule has 0 bridgehead atoms. The zero-order valence-electron chi connectivity index (χ0n) is 10.1. The number of carbonyl (C=O) groups excluding carboxylic acids is 2. The molecule has 1 aliphatic rings. The normalized spacial score (nSPS) is 18.3. The highest BCUT2D eigenvalue weighted by molar-refractivity contribution is 6.37. The third-order valence-electron chi connectivity index (χ3n) is 2.82. The van der Waals surface area contributed by atoms with Crippen LogP contribution in [0.15, 0.2) is 18.2 Å². The number of amides is 3. The van der Waals surface area contributed by atoms with E-state index in [1.54, 1.807) is 0 Å². The molecule has 1 fully saturated rings. The van der Waals surface area contributed by atoms with Gasteiger partial charge in [0.05, 0.1) is 10.7 Å². The van der Waals surface area contributed by atoms with Crippen molar-refractivity contribution < 1.29 is 19.5 Å². The van der Waals surface area contributed by atoms with Gasteiger partial charge in [-0.2, -0.15) is 0 Å². The quantitative estimate of drug-likeness (QED) is 0.834. The molecule has 1 aromatic carbocycles. The molecule has 106 valence electrons. The van der Waals surface area contributed by atoms with E-state index in [2.05, 4.69) is 5.32 Å². The fourth-order valence-corrected chi connectivity index (χ4v) is 2.25. The third-order valence-corrected chi connectivity index (χ3v) is 3.37. The second-order valence-electron chi connectivity index (χ2n) is 4.20. The van der Waals surface area contributed by atoms with Crippen LogP contribution in [0, 0.1) is 0 Å². The maximum atomic E-state index is 12.1. The number of carboxylic acids is 1.